The standard InChI is InChI=1S/C9H5F3N2O9S/c10-9(11,12)24(21,22)4-1-5(13(17)18)8(23-3-7(15)16)6(2-4)14(19)20/h1-2H,3H2,(H,15,16). The first kappa shape index (κ1) is 19.1. The van der Waals surface area contributed by atoms with Crippen LogP contribution in [-0.2, 0) is 14.6 Å². The van der Waals surface area contributed by atoms with Gasteiger partial charge in [-0.3, -0.25) is 20.2 Å². The molecule has 0 fully saturated rings. The Morgan fingerprint density at radius 1 is 1.17 bits per heavy atom. The van der Waals surface area contributed by atoms with Gasteiger partial charge in [0, 0.05) is 12.1 Å². The summed E-state index contributed by atoms with van der Waals surface area (Å²) in [6.45, 7) is -1.28. The zero-order chi connectivity index (χ0) is 18.9. The van der Waals surface area contributed by atoms with Crippen molar-refractivity contribution in [2.75, 3.05) is 6.61 Å². The smallest absolute Gasteiger partial charge is 0.479 e. The third kappa shape index (κ3) is 3.67. The normalized spacial score (nSPS) is 11.8. The van der Waals surface area contributed by atoms with Crippen LogP contribution in [0.15, 0.2) is 17.0 Å². The first-order chi connectivity index (χ1) is 10.8. The predicted molar refractivity (Wildman–Crippen MR) is 66.1 cm³/mol. The summed E-state index contributed by atoms with van der Waals surface area (Å²) in [6, 6.07) is -0.208. The van der Waals surface area contributed by atoms with E-state index < -0.39 is 59.8 Å². The molecule has 24 heavy (non-hydrogen) atoms. The molecule has 0 aliphatic heterocycles. The number of hydrogen-bond acceptors (Lipinski definition) is 8. The SMILES string of the molecule is O=C(O)COc1c([N+](=O)[O-])cc(S(=O)(=O)C(F)(F)F)cc1[N+](=O)[O-]. The number of nitrogens with zero attached hydrogens (tertiary/aromatic N) is 2. The summed E-state index contributed by atoms with van der Waals surface area (Å²) in [6.07, 6.45) is 0. The minimum absolute atomic E-state index is 0.104. The number of carboxylic acid groups (broad SMARTS) is 1. The molecule has 0 aromatic heterocycles. The molecule has 0 aliphatic carbocycles. The van der Waals surface area contributed by atoms with Crippen LogP contribution in [0.3, 0.4) is 0 Å². The quantitative estimate of drug-likeness (QED) is 0.569. The van der Waals surface area contributed by atoms with Crippen molar-refractivity contribution in [3.63, 3.8) is 0 Å². The maximum Gasteiger partial charge on any atom is 0.501 e. The molecule has 15 heteroatoms. The highest BCUT2D eigenvalue weighted by Crippen LogP contribution is 2.42. The molecular formula is C9H5F3N2O9S. The molecule has 0 amide bonds. The van der Waals surface area contributed by atoms with Crippen LogP contribution >= 0.6 is 0 Å². The number of ether oxygens (including phenoxy) is 1. The number of sulfone groups is 1. The minimum Gasteiger partial charge on any atom is -0.479 e. The number of nitro benzene ring substituents is 2. The lowest BCUT2D eigenvalue weighted by atomic mass is 10.2. The number of benzene rings is 1. The highest BCUT2D eigenvalue weighted by molar-refractivity contribution is 7.92. The first-order valence-electron chi connectivity index (χ1n) is 5.41. The molecule has 132 valence electrons. The monoisotopic (exact) mass is 374 g/mol. The molecule has 1 aromatic carbocycles. The largest absolute Gasteiger partial charge is 0.501 e. The third-order valence-electron chi connectivity index (χ3n) is 2.37. The first-order valence-corrected chi connectivity index (χ1v) is 6.90. The lowest BCUT2D eigenvalue weighted by Crippen LogP contribution is -2.23. The Labute approximate surface area is 129 Å². The van der Waals surface area contributed by atoms with Gasteiger partial charge in [-0.2, -0.15) is 13.2 Å². The summed E-state index contributed by atoms with van der Waals surface area (Å²) < 4.78 is 64.4. The highest BCUT2D eigenvalue weighted by atomic mass is 32.2. The van der Waals surface area contributed by atoms with Gasteiger partial charge in [0.05, 0.1) is 14.7 Å². The van der Waals surface area contributed by atoms with Crippen LogP contribution in [0.4, 0.5) is 24.5 Å². The molecule has 0 saturated carbocycles. The second kappa shape index (κ2) is 6.26. The Morgan fingerprint density at radius 2 is 1.58 bits per heavy atom. The lowest BCUT2D eigenvalue weighted by molar-refractivity contribution is -0.396. The van der Waals surface area contributed by atoms with Crippen molar-refractivity contribution in [1.29, 1.82) is 0 Å². The van der Waals surface area contributed by atoms with E-state index in [-0.39, 0.29) is 12.1 Å². The Balaban J connectivity index is 3.74. The minimum atomic E-state index is -6.12. The van der Waals surface area contributed by atoms with Crippen LogP contribution in [0.25, 0.3) is 0 Å². The average molecular weight is 374 g/mol. The molecule has 0 radical (unpaired) electrons. The van der Waals surface area contributed by atoms with Crippen LogP contribution in [0.2, 0.25) is 0 Å². The lowest BCUT2D eigenvalue weighted by Gasteiger charge is -2.10. The second-order valence-corrected chi connectivity index (χ2v) is 5.88. The summed E-state index contributed by atoms with van der Waals surface area (Å²) in [5, 5.41) is 30.1. The van der Waals surface area contributed by atoms with Gasteiger partial charge in [0.15, 0.2) is 6.61 Å². The summed E-state index contributed by atoms with van der Waals surface area (Å²) in [4.78, 5) is 27.4. The molecule has 0 unspecified atom stereocenters. The van der Waals surface area contributed by atoms with Crippen molar-refractivity contribution in [1.82, 2.24) is 0 Å². The van der Waals surface area contributed by atoms with Crippen LogP contribution in [-0.4, -0.2) is 41.5 Å². The van der Waals surface area contributed by atoms with E-state index in [0.717, 1.165) is 0 Å². The highest BCUT2D eigenvalue weighted by Gasteiger charge is 2.48. The fraction of sp³-hybridized carbons (Fsp3) is 0.222. The van der Waals surface area contributed by atoms with E-state index in [2.05, 4.69) is 4.74 Å². The van der Waals surface area contributed by atoms with E-state index in [4.69, 9.17) is 5.11 Å². The van der Waals surface area contributed by atoms with Crippen molar-refractivity contribution >= 4 is 27.2 Å². The number of rotatable bonds is 6. The molecule has 0 atom stereocenters. The summed E-state index contributed by atoms with van der Waals surface area (Å²) in [5.74, 6) is -2.97. The van der Waals surface area contributed by atoms with Gasteiger partial charge in [0.25, 0.3) is 15.6 Å². The van der Waals surface area contributed by atoms with E-state index in [1.54, 1.807) is 0 Å². The van der Waals surface area contributed by atoms with Gasteiger partial charge in [-0.05, 0) is 0 Å². The van der Waals surface area contributed by atoms with E-state index >= 15 is 0 Å². The number of nitro groups is 2. The summed E-state index contributed by atoms with van der Waals surface area (Å²) in [5.41, 5.74) is -8.88. The number of alkyl halides is 3. The molecule has 0 saturated heterocycles. The maximum absolute atomic E-state index is 12.5. The van der Waals surface area contributed by atoms with Crippen LogP contribution in [0, 0.1) is 20.2 Å². The van der Waals surface area contributed by atoms with E-state index in [9.17, 15) is 46.6 Å². The van der Waals surface area contributed by atoms with Crippen molar-refractivity contribution in [2.24, 2.45) is 0 Å². The molecule has 0 bridgehead atoms. The third-order valence-corrected chi connectivity index (χ3v) is 3.84. The number of hydrogen-bond donors (Lipinski definition) is 1. The maximum atomic E-state index is 12.5. The van der Waals surface area contributed by atoms with Gasteiger partial charge in [-0.15, -0.1) is 0 Å². The molecular weight excluding hydrogens is 369 g/mol. The predicted octanol–water partition coefficient (Wildman–Crippen LogP) is 1.26. The van der Waals surface area contributed by atoms with Gasteiger partial charge in [0.2, 0.25) is 0 Å². The molecule has 0 spiro atoms. The fourth-order valence-corrected chi connectivity index (χ4v) is 2.22. The number of carboxylic acids is 1. The summed E-state index contributed by atoms with van der Waals surface area (Å²) >= 11 is 0. The average Bonchev–Trinajstić information content (AvgIpc) is 2.42. The molecule has 11 nitrogen and oxygen atoms in total. The van der Waals surface area contributed by atoms with Crippen molar-refractivity contribution in [3.05, 3.63) is 32.4 Å². The van der Waals surface area contributed by atoms with Crippen molar-refractivity contribution < 1.29 is 46.1 Å². The molecule has 0 heterocycles. The Morgan fingerprint density at radius 3 is 1.88 bits per heavy atom. The van der Waals surface area contributed by atoms with Gasteiger partial charge in [0.1, 0.15) is 0 Å². The number of halogens is 3. The van der Waals surface area contributed by atoms with Gasteiger partial charge in [-0.1, -0.05) is 0 Å². The van der Waals surface area contributed by atoms with Crippen molar-refractivity contribution in [3.8, 4) is 5.75 Å². The van der Waals surface area contributed by atoms with E-state index in [0.29, 0.717) is 0 Å². The molecule has 0 aliphatic rings. The van der Waals surface area contributed by atoms with E-state index in [1.807, 2.05) is 0 Å². The van der Waals surface area contributed by atoms with Crippen LogP contribution in [0.5, 0.6) is 5.75 Å². The fourth-order valence-electron chi connectivity index (χ4n) is 1.42. The van der Waals surface area contributed by atoms with Gasteiger partial charge < -0.3 is 9.84 Å². The molecule has 1 N–H and O–H groups in total. The van der Waals surface area contributed by atoms with Crippen molar-refractivity contribution in [2.45, 2.75) is 10.4 Å². The Bertz CT molecular complexity index is 783. The van der Waals surface area contributed by atoms with E-state index in [1.165, 1.54) is 0 Å². The Kier molecular flexibility index (Phi) is 4.98. The Hall–Kier alpha value is -2.97. The second-order valence-electron chi connectivity index (χ2n) is 3.94. The molecule has 1 rings (SSSR count). The van der Waals surface area contributed by atoms with Gasteiger partial charge in [-0.25, -0.2) is 13.2 Å². The zero-order valence-corrected chi connectivity index (χ0v) is 11.8. The van der Waals surface area contributed by atoms with Crippen LogP contribution in [0.1, 0.15) is 0 Å². The zero-order valence-electron chi connectivity index (χ0n) is 11.0. The van der Waals surface area contributed by atoms with Gasteiger partial charge >= 0.3 is 22.9 Å². The topological polar surface area (TPSA) is 167 Å². The number of carbonyl (C=O) groups is 1. The summed E-state index contributed by atoms with van der Waals surface area (Å²) in [7, 11) is -6.12. The van der Waals surface area contributed by atoms with Crippen LogP contribution < -0.4 is 4.74 Å². The number of aliphatic carboxylic acids is 1. The molecule has 1 aromatic rings.